The van der Waals surface area contributed by atoms with Gasteiger partial charge >= 0.3 is 35.5 Å². The van der Waals surface area contributed by atoms with Crippen LogP contribution in [0.25, 0.3) is 0 Å². The molecule has 0 saturated carbocycles. The molecule has 0 aromatic heterocycles. The second-order valence-corrected chi connectivity index (χ2v) is 2.66. The van der Waals surface area contributed by atoms with Gasteiger partial charge in [0.15, 0.2) is 0 Å². The molecule has 0 aliphatic rings. The van der Waals surface area contributed by atoms with E-state index >= 15 is 0 Å². The van der Waals surface area contributed by atoms with Crippen molar-refractivity contribution in [1.29, 1.82) is 0 Å². The van der Waals surface area contributed by atoms with Crippen LogP contribution in [-0.2, 0) is 4.74 Å². The quantitative estimate of drug-likeness (QED) is 0.400. The fourth-order valence-corrected chi connectivity index (χ4v) is 0.869. The standard InChI is InChI=1S/C10H12O3.Na.3H2O/c1-2-7-13-10(12)8-3-5-9(11)6-4-8;;;;/h3-6,11H,2,7H2,1H3;;3*1H2/q;+1;;;/p-1. The monoisotopic (exact) mass is 256 g/mol. The minimum atomic E-state index is -0.373. The molecule has 0 bridgehead atoms. The van der Waals surface area contributed by atoms with Gasteiger partial charge in [-0.25, -0.2) is 4.79 Å². The van der Waals surface area contributed by atoms with Gasteiger partial charge in [0.2, 0.25) is 0 Å². The molecule has 0 atom stereocenters. The SMILES string of the molecule is CCCOC(=O)c1ccc([O-])cc1.O.O.O.[Na+]. The number of benzene rings is 1. The van der Waals surface area contributed by atoms with Gasteiger partial charge in [0.25, 0.3) is 0 Å². The summed E-state index contributed by atoms with van der Waals surface area (Å²) >= 11 is 0. The molecule has 0 aliphatic carbocycles. The number of hydrogen-bond acceptors (Lipinski definition) is 3. The van der Waals surface area contributed by atoms with Gasteiger partial charge in [-0.2, -0.15) is 0 Å². The van der Waals surface area contributed by atoms with Crippen molar-refractivity contribution >= 4 is 5.97 Å². The van der Waals surface area contributed by atoms with E-state index < -0.39 is 0 Å². The zero-order chi connectivity index (χ0) is 9.68. The molecule has 0 saturated heterocycles. The summed E-state index contributed by atoms with van der Waals surface area (Å²) in [6.45, 7) is 2.34. The van der Waals surface area contributed by atoms with Crippen LogP contribution < -0.4 is 34.7 Å². The first-order chi connectivity index (χ1) is 6.24. The maximum Gasteiger partial charge on any atom is 1.00 e. The minimum absolute atomic E-state index is 0. The zero-order valence-corrected chi connectivity index (χ0v) is 11.9. The molecule has 0 unspecified atom stereocenters. The van der Waals surface area contributed by atoms with Crippen LogP contribution in [0.5, 0.6) is 5.75 Å². The average Bonchev–Trinajstić information content (AvgIpc) is 2.15. The minimum Gasteiger partial charge on any atom is -0.872 e. The van der Waals surface area contributed by atoms with Gasteiger partial charge in [-0.1, -0.05) is 19.1 Å². The summed E-state index contributed by atoms with van der Waals surface area (Å²) in [5, 5.41) is 10.7. The molecule has 0 radical (unpaired) electrons. The van der Waals surface area contributed by atoms with Crippen LogP contribution in [0.1, 0.15) is 23.7 Å². The van der Waals surface area contributed by atoms with Crippen LogP contribution in [0, 0.1) is 0 Å². The molecule has 17 heavy (non-hydrogen) atoms. The molecule has 0 aliphatic heterocycles. The summed E-state index contributed by atoms with van der Waals surface area (Å²) in [4.78, 5) is 11.2. The first-order valence-electron chi connectivity index (χ1n) is 4.18. The Morgan fingerprint density at radius 1 is 1.18 bits per heavy atom. The van der Waals surface area contributed by atoms with Crippen molar-refractivity contribution in [2.75, 3.05) is 6.61 Å². The Morgan fingerprint density at radius 2 is 1.65 bits per heavy atom. The summed E-state index contributed by atoms with van der Waals surface area (Å²) in [6, 6.07) is 5.64. The number of carbonyl (C=O) groups is 1. The van der Waals surface area contributed by atoms with E-state index in [-0.39, 0.29) is 57.7 Å². The van der Waals surface area contributed by atoms with E-state index in [0.29, 0.717) is 12.2 Å². The number of ether oxygens (including phenoxy) is 1. The fourth-order valence-electron chi connectivity index (χ4n) is 0.869. The molecule has 7 heteroatoms. The van der Waals surface area contributed by atoms with Crippen molar-refractivity contribution in [3.8, 4) is 5.75 Å². The molecule has 1 aromatic carbocycles. The van der Waals surface area contributed by atoms with E-state index in [0.717, 1.165) is 6.42 Å². The second kappa shape index (κ2) is 13.4. The van der Waals surface area contributed by atoms with Crippen molar-refractivity contribution in [2.45, 2.75) is 13.3 Å². The third-order valence-electron chi connectivity index (χ3n) is 1.53. The Labute approximate surface area is 122 Å². The second-order valence-electron chi connectivity index (χ2n) is 2.66. The van der Waals surface area contributed by atoms with Gasteiger partial charge in [0, 0.05) is 0 Å². The third kappa shape index (κ3) is 9.11. The summed E-state index contributed by atoms with van der Waals surface area (Å²) < 4.78 is 4.88. The molecule has 0 heterocycles. The van der Waals surface area contributed by atoms with E-state index in [1.807, 2.05) is 6.92 Å². The van der Waals surface area contributed by atoms with E-state index in [4.69, 9.17) is 4.74 Å². The maximum absolute atomic E-state index is 11.2. The van der Waals surface area contributed by atoms with E-state index in [2.05, 4.69) is 0 Å². The van der Waals surface area contributed by atoms with Crippen molar-refractivity contribution in [2.24, 2.45) is 0 Å². The van der Waals surface area contributed by atoms with Crippen LogP contribution in [-0.4, -0.2) is 29.0 Å². The molecular formula is C10H17NaO6. The molecule has 1 rings (SSSR count). The van der Waals surface area contributed by atoms with E-state index in [1.54, 1.807) is 0 Å². The van der Waals surface area contributed by atoms with Crippen molar-refractivity contribution in [3.05, 3.63) is 29.8 Å². The predicted octanol–water partition coefficient (Wildman–Crippen LogP) is -4.14. The van der Waals surface area contributed by atoms with Crippen molar-refractivity contribution in [3.63, 3.8) is 0 Å². The van der Waals surface area contributed by atoms with Gasteiger partial charge in [-0.15, -0.1) is 5.75 Å². The van der Waals surface area contributed by atoms with Gasteiger partial charge in [0.1, 0.15) is 0 Å². The Hall–Kier alpha value is -0.630. The normalized spacial score (nSPS) is 7.35. The van der Waals surface area contributed by atoms with Gasteiger partial charge in [-0.3, -0.25) is 0 Å². The number of rotatable bonds is 3. The average molecular weight is 256 g/mol. The molecule has 1 aromatic rings. The molecule has 0 spiro atoms. The molecule has 94 valence electrons. The Bertz CT molecular complexity index is 287. The Kier molecular flexibility index (Phi) is 20.0. The molecule has 6 N–H and O–H groups in total. The smallest absolute Gasteiger partial charge is 0.872 e. The van der Waals surface area contributed by atoms with Crippen molar-refractivity contribution < 1.29 is 60.6 Å². The number of carbonyl (C=O) groups excluding carboxylic acids is 1. The third-order valence-corrected chi connectivity index (χ3v) is 1.53. The fraction of sp³-hybridized carbons (Fsp3) is 0.300. The predicted molar refractivity (Wildman–Crippen MR) is 57.3 cm³/mol. The molecule has 0 amide bonds. The summed E-state index contributed by atoms with van der Waals surface area (Å²) in [5.74, 6) is -0.478. The Balaban J connectivity index is -0.000000211. The topological polar surface area (TPSA) is 144 Å². The van der Waals surface area contributed by atoms with E-state index in [9.17, 15) is 9.90 Å². The molecule has 6 nitrogen and oxygen atoms in total. The number of esters is 1. The van der Waals surface area contributed by atoms with Crippen molar-refractivity contribution in [1.82, 2.24) is 0 Å². The molecule has 0 fully saturated rings. The van der Waals surface area contributed by atoms with Crippen LogP contribution in [0.15, 0.2) is 24.3 Å². The largest absolute Gasteiger partial charge is 1.00 e. The van der Waals surface area contributed by atoms with Crippen LogP contribution >= 0.6 is 0 Å². The van der Waals surface area contributed by atoms with Crippen LogP contribution in [0.4, 0.5) is 0 Å². The number of hydrogen-bond donors (Lipinski definition) is 0. The molecular weight excluding hydrogens is 239 g/mol. The van der Waals surface area contributed by atoms with Gasteiger partial charge < -0.3 is 26.3 Å². The van der Waals surface area contributed by atoms with Gasteiger partial charge in [-0.05, 0) is 18.6 Å². The van der Waals surface area contributed by atoms with Gasteiger partial charge in [0.05, 0.1) is 12.2 Å². The summed E-state index contributed by atoms with van der Waals surface area (Å²) in [7, 11) is 0. The summed E-state index contributed by atoms with van der Waals surface area (Å²) in [6.07, 6.45) is 0.797. The first kappa shape index (κ1) is 25.3. The summed E-state index contributed by atoms with van der Waals surface area (Å²) in [5.41, 5.74) is 0.424. The zero-order valence-electron chi connectivity index (χ0n) is 9.95. The van der Waals surface area contributed by atoms with E-state index in [1.165, 1.54) is 24.3 Å². The van der Waals surface area contributed by atoms with Crippen LogP contribution in [0.3, 0.4) is 0 Å². The first-order valence-corrected chi connectivity index (χ1v) is 4.18. The Morgan fingerprint density at radius 3 is 2.06 bits per heavy atom. The maximum atomic E-state index is 11.2. The van der Waals surface area contributed by atoms with Crippen LogP contribution in [0.2, 0.25) is 0 Å².